The SMILES string of the molecule is CCOC(=O)/C(=N/OCC[NH+](C)C)C(C)C.O=C([O-])C(=O)O. The van der Waals surface area contributed by atoms with Crippen LogP contribution in [-0.4, -0.2) is 62.6 Å². The molecule has 0 aliphatic carbocycles. The molecule has 0 aromatic rings. The zero-order valence-corrected chi connectivity index (χ0v) is 13.5. The van der Waals surface area contributed by atoms with Gasteiger partial charge in [-0.15, -0.1) is 0 Å². The monoisotopic (exact) mass is 320 g/mol. The standard InChI is InChI=1S/C11H22N2O3.C2H2O4/c1-6-15-11(14)10(9(2)3)12-16-8-7-13(4)5;3-1(4)2(5)6/h9H,6-8H2,1-5H3;(H,3,4)(H,5,6)/b12-10+;. The van der Waals surface area contributed by atoms with Crippen molar-refractivity contribution in [1.29, 1.82) is 0 Å². The summed E-state index contributed by atoms with van der Waals surface area (Å²) in [7, 11) is 4.06. The Kier molecular flexibility index (Phi) is 12.6. The number of likely N-dealkylation sites (N-methyl/N-ethyl adjacent to an activating group) is 1. The maximum Gasteiger partial charge on any atom is 0.356 e. The number of oxime groups is 1. The van der Waals surface area contributed by atoms with E-state index in [4.69, 9.17) is 29.4 Å². The number of ether oxygens (including phenoxy) is 1. The molecular weight excluding hydrogens is 296 g/mol. The third-order valence-electron chi connectivity index (χ3n) is 2.06. The number of rotatable bonds is 7. The predicted molar refractivity (Wildman–Crippen MR) is 75.2 cm³/mol. The van der Waals surface area contributed by atoms with E-state index in [0.717, 1.165) is 6.54 Å². The number of carbonyl (C=O) groups excluding carboxylic acids is 2. The summed E-state index contributed by atoms with van der Waals surface area (Å²) < 4.78 is 4.89. The van der Waals surface area contributed by atoms with Crippen LogP contribution < -0.4 is 10.0 Å². The van der Waals surface area contributed by atoms with Crippen molar-refractivity contribution < 1.29 is 39.1 Å². The molecule has 0 bridgehead atoms. The molecule has 0 aromatic carbocycles. The molecule has 2 N–H and O–H groups in total. The van der Waals surface area contributed by atoms with E-state index in [0.29, 0.717) is 18.9 Å². The van der Waals surface area contributed by atoms with Crippen LogP contribution in [0.25, 0.3) is 0 Å². The molecule has 0 rings (SSSR count). The molecule has 128 valence electrons. The number of hydrogen-bond donors (Lipinski definition) is 2. The first-order chi connectivity index (χ1) is 10.1. The van der Waals surface area contributed by atoms with Gasteiger partial charge in [0.15, 0.2) is 18.3 Å². The number of aliphatic carboxylic acids is 2. The van der Waals surface area contributed by atoms with Gasteiger partial charge in [0.25, 0.3) is 0 Å². The molecule has 0 saturated heterocycles. The van der Waals surface area contributed by atoms with Gasteiger partial charge in [0.2, 0.25) is 0 Å². The quantitative estimate of drug-likeness (QED) is 0.175. The minimum Gasteiger partial charge on any atom is -0.539 e. The third kappa shape index (κ3) is 12.9. The Labute approximate surface area is 129 Å². The Morgan fingerprint density at radius 3 is 2.09 bits per heavy atom. The first kappa shape index (κ1) is 22.1. The Morgan fingerprint density at radius 2 is 1.77 bits per heavy atom. The minimum atomic E-state index is -2.07. The van der Waals surface area contributed by atoms with Crippen molar-refractivity contribution in [3.8, 4) is 0 Å². The van der Waals surface area contributed by atoms with E-state index in [2.05, 4.69) is 5.16 Å². The maximum absolute atomic E-state index is 11.5. The van der Waals surface area contributed by atoms with Crippen molar-refractivity contribution in [2.45, 2.75) is 20.8 Å². The van der Waals surface area contributed by atoms with Crippen LogP contribution in [-0.2, 0) is 24.0 Å². The normalized spacial score (nSPS) is 10.8. The smallest absolute Gasteiger partial charge is 0.356 e. The van der Waals surface area contributed by atoms with Gasteiger partial charge in [0.1, 0.15) is 6.54 Å². The summed E-state index contributed by atoms with van der Waals surface area (Å²) in [5, 5.41) is 20.2. The lowest BCUT2D eigenvalue weighted by molar-refractivity contribution is -0.858. The first-order valence-corrected chi connectivity index (χ1v) is 6.73. The molecule has 0 saturated carbocycles. The van der Waals surface area contributed by atoms with Crippen LogP contribution in [0.3, 0.4) is 0 Å². The highest BCUT2D eigenvalue weighted by Gasteiger charge is 2.17. The van der Waals surface area contributed by atoms with Gasteiger partial charge in [-0.25, -0.2) is 9.59 Å². The average Bonchev–Trinajstić information content (AvgIpc) is 2.38. The molecule has 0 amide bonds. The number of carboxylic acid groups (broad SMARTS) is 2. The molecule has 0 aromatic heterocycles. The third-order valence-corrected chi connectivity index (χ3v) is 2.06. The molecule has 0 aliphatic rings. The second-order valence-electron chi connectivity index (χ2n) is 4.73. The largest absolute Gasteiger partial charge is 0.539 e. The van der Waals surface area contributed by atoms with Gasteiger partial charge in [-0.1, -0.05) is 19.0 Å². The topological polar surface area (TPSA) is 130 Å². The second kappa shape index (κ2) is 12.6. The molecule has 0 aliphatic heterocycles. The van der Waals surface area contributed by atoms with E-state index in [-0.39, 0.29) is 5.92 Å². The highest BCUT2D eigenvalue weighted by atomic mass is 16.6. The van der Waals surface area contributed by atoms with Gasteiger partial charge < -0.3 is 29.5 Å². The number of carbonyl (C=O) groups is 3. The molecule has 0 spiro atoms. The van der Waals surface area contributed by atoms with Crippen molar-refractivity contribution in [2.24, 2.45) is 11.1 Å². The molecular formula is C13H24N2O7. The van der Waals surface area contributed by atoms with Gasteiger partial charge in [-0.05, 0) is 6.92 Å². The summed E-state index contributed by atoms with van der Waals surface area (Å²) in [6.45, 7) is 7.24. The van der Waals surface area contributed by atoms with Crippen LogP contribution in [0.1, 0.15) is 20.8 Å². The lowest BCUT2D eigenvalue weighted by Gasteiger charge is -2.09. The number of hydrogen-bond acceptors (Lipinski definition) is 7. The molecule has 0 unspecified atom stereocenters. The van der Waals surface area contributed by atoms with Crippen LogP contribution in [0, 0.1) is 5.92 Å². The Bertz CT molecular complexity index is 380. The van der Waals surface area contributed by atoms with E-state index in [9.17, 15) is 4.79 Å². The molecule has 9 heteroatoms. The van der Waals surface area contributed by atoms with Crippen LogP contribution in [0.4, 0.5) is 0 Å². The molecule has 22 heavy (non-hydrogen) atoms. The van der Waals surface area contributed by atoms with E-state index >= 15 is 0 Å². The van der Waals surface area contributed by atoms with Gasteiger partial charge in [-0.2, -0.15) is 0 Å². The fourth-order valence-electron chi connectivity index (χ4n) is 0.948. The van der Waals surface area contributed by atoms with Crippen molar-refractivity contribution in [2.75, 3.05) is 33.9 Å². The lowest BCUT2D eigenvalue weighted by atomic mass is 10.1. The second-order valence-corrected chi connectivity index (χ2v) is 4.73. The summed E-state index contributed by atoms with van der Waals surface area (Å²) in [5.74, 6) is -4.40. The van der Waals surface area contributed by atoms with Gasteiger partial charge in [0.05, 0.1) is 20.7 Å². The van der Waals surface area contributed by atoms with Crippen LogP contribution in [0.5, 0.6) is 0 Å². The molecule has 0 atom stereocenters. The number of nitrogens with zero attached hydrogens (tertiary/aromatic N) is 1. The zero-order valence-electron chi connectivity index (χ0n) is 13.5. The highest BCUT2D eigenvalue weighted by molar-refractivity contribution is 6.36. The summed E-state index contributed by atoms with van der Waals surface area (Å²) in [5.41, 5.74) is 0.343. The van der Waals surface area contributed by atoms with Crippen LogP contribution in [0.15, 0.2) is 5.16 Å². The van der Waals surface area contributed by atoms with Crippen LogP contribution in [0.2, 0.25) is 0 Å². The lowest BCUT2D eigenvalue weighted by Crippen LogP contribution is -3.06. The summed E-state index contributed by atoms with van der Waals surface area (Å²) in [4.78, 5) is 35.9. The van der Waals surface area contributed by atoms with Crippen LogP contribution >= 0.6 is 0 Å². The predicted octanol–water partition coefficient (Wildman–Crippen LogP) is -2.46. The fourth-order valence-corrected chi connectivity index (χ4v) is 0.948. The first-order valence-electron chi connectivity index (χ1n) is 6.73. The fraction of sp³-hybridized carbons (Fsp3) is 0.692. The summed E-state index contributed by atoms with van der Waals surface area (Å²) in [6.07, 6.45) is 0. The molecule has 0 heterocycles. The molecule has 0 fully saturated rings. The van der Waals surface area contributed by atoms with E-state index in [1.54, 1.807) is 6.92 Å². The van der Waals surface area contributed by atoms with Crippen molar-refractivity contribution in [3.05, 3.63) is 0 Å². The highest BCUT2D eigenvalue weighted by Crippen LogP contribution is 2.00. The van der Waals surface area contributed by atoms with Crippen molar-refractivity contribution in [1.82, 2.24) is 0 Å². The van der Waals surface area contributed by atoms with Gasteiger partial charge >= 0.3 is 11.9 Å². The number of carboxylic acids is 2. The van der Waals surface area contributed by atoms with E-state index in [1.165, 1.54) is 4.90 Å². The van der Waals surface area contributed by atoms with Crippen molar-refractivity contribution >= 4 is 23.6 Å². The summed E-state index contributed by atoms with van der Waals surface area (Å²) >= 11 is 0. The molecule has 9 nitrogen and oxygen atoms in total. The zero-order chi connectivity index (χ0) is 17.7. The van der Waals surface area contributed by atoms with E-state index in [1.807, 2.05) is 27.9 Å². The van der Waals surface area contributed by atoms with Gasteiger partial charge in [0, 0.05) is 5.92 Å². The van der Waals surface area contributed by atoms with E-state index < -0.39 is 17.9 Å². The Morgan fingerprint density at radius 1 is 1.27 bits per heavy atom. The minimum absolute atomic E-state index is 0.00533. The maximum atomic E-state index is 11.5. The Hall–Kier alpha value is -2.16. The van der Waals surface area contributed by atoms with Crippen molar-refractivity contribution in [3.63, 3.8) is 0 Å². The number of quaternary nitrogens is 1. The number of esters is 1. The van der Waals surface area contributed by atoms with Gasteiger partial charge in [-0.3, -0.25) is 0 Å². The summed E-state index contributed by atoms with van der Waals surface area (Å²) in [6, 6.07) is 0. The average molecular weight is 320 g/mol. The molecule has 0 radical (unpaired) electrons. The Balaban J connectivity index is 0. The number of nitrogens with one attached hydrogen (secondary N) is 1.